The third-order valence-electron chi connectivity index (χ3n) is 3.44. The van der Waals surface area contributed by atoms with Gasteiger partial charge in [-0.2, -0.15) is 9.78 Å². The Hall–Kier alpha value is -3.61. The van der Waals surface area contributed by atoms with Gasteiger partial charge in [0.05, 0.1) is 18.9 Å². The highest BCUT2D eigenvalue weighted by Gasteiger charge is 2.18. The van der Waals surface area contributed by atoms with E-state index in [1.54, 1.807) is 36.4 Å². The van der Waals surface area contributed by atoms with E-state index in [2.05, 4.69) is 10.4 Å². The van der Waals surface area contributed by atoms with Gasteiger partial charge in [0.25, 0.3) is 11.5 Å². The van der Waals surface area contributed by atoms with Crippen LogP contribution in [0.4, 0.5) is 5.69 Å². The average molecular weight is 337 g/mol. The van der Waals surface area contributed by atoms with Crippen LogP contribution in [0.15, 0.2) is 65.5 Å². The second-order valence-corrected chi connectivity index (χ2v) is 5.15. The van der Waals surface area contributed by atoms with E-state index in [9.17, 15) is 14.7 Å². The smallest absolute Gasteiger partial charge is 0.280 e. The monoisotopic (exact) mass is 337 g/mol. The van der Waals surface area contributed by atoms with Gasteiger partial charge in [0.1, 0.15) is 5.75 Å². The minimum absolute atomic E-state index is 0.0204. The molecule has 3 aromatic rings. The SMILES string of the molecule is COc1cc(=O)n(-c2ccccc2)nc1C(=O)Nc1cccc(O)c1. The summed E-state index contributed by atoms with van der Waals surface area (Å²) in [5.74, 6) is -0.478. The van der Waals surface area contributed by atoms with Gasteiger partial charge in [0.2, 0.25) is 0 Å². The van der Waals surface area contributed by atoms with E-state index in [-0.39, 0.29) is 17.2 Å². The molecule has 0 aliphatic rings. The zero-order valence-electron chi connectivity index (χ0n) is 13.3. The molecule has 2 N–H and O–H groups in total. The summed E-state index contributed by atoms with van der Waals surface area (Å²) in [5.41, 5.74) is 0.458. The fraction of sp³-hybridized carbons (Fsp3) is 0.0556. The number of carbonyl (C=O) groups is 1. The van der Waals surface area contributed by atoms with Gasteiger partial charge in [-0.1, -0.05) is 24.3 Å². The van der Waals surface area contributed by atoms with Gasteiger partial charge in [-0.05, 0) is 24.3 Å². The number of phenols is 1. The summed E-state index contributed by atoms with van der Waals surface area (Å²) in [7, 11) is 1.36. The summed E-state index contributed by atoms with van der Waals surface area (Å²) in [6, 6.07) is 16.1. The van der Waals surface area contributed by atoms with Crippen LogP contribution in [0, 0.1) is 0 Å². The first-order valence-electron chi connectivity index (χ1n) is 7.42. The molecule has 1 heterocycles. The predicted octanol–water partition coefficient (Wildman–Crippen LogP) is 2.20. The van der Waals surface area contributed by atoms with Crippen molar-refractivity contribution in [3.05, 3.63) is 76.7 Å². The fourth-order valence-electron chi connectivity index (χ4n) is 2.28. The van der Waals surface area contributed by atoms with Crippen LogP contribution in [0.25, 0.3) is 5.69 Å². The maximum Gasteiger partial charge on any atom is 0.280 e. The lowest BCUT2D eigenvalue weighted by Gasteiger charge is -2.11. The lowest BCUT2D eigenvalue weighted by molar-refractivity contribution is 0.101. The number of para-hydroxylation sites is 1. The molecule has 0 spiro atoms. The molecule has 25 heavy (non-hydrogen) atoms. The number of carbonyl (C=O) groups excluding carboxylic acids is 1. The van der Waals surface area contributed by atoms with Crippen LogP contribution in [-0.2, 0) is 0 Å². The van der Waals surface area contributed by atoms with Gasteiger partial charge in [0, 0.05) is 11.8 Å². The number of benzene rings is 2. The Morgan fingerprint density at radius 1 is 1.12 bits per heavy atom. The molecule has 0 saturated carbocycles. The van der Waals surface area contributed by atoms with E-state index in [0.29, 0.717) is 11.4 Å². The predicted molar refractivity (Wildman–Crippen MR) is 92.4 cm³/mol. The van der Waals surface area contributed by atoms with Crippen molar-refractivity contribution in [3.8, 4) is 17.2 Å². The molecule has 126 valence electrons. The van der Waals surface area contributed by atoms with E-state index >= 15 is 0 Å². The number of ether oxygens (including phenoxy) is 1. The number of phenolic OH excluding ortho intramolecular Hbond substituents is 1. The number of hydrogen-bond acceptors (Lipinski definition) is 5. The Morgan fingerprint density at radius 2 is 1.88 bits per heavy atom. The standard InChI is InChI=1S/C18H15N3O4/c1-25-15-11-16(23)21(13-7-3-2-4-8-13)20-17(15)18(24)19-12-6-5-9-14(22)10-12/h2-11,22H,1H3,(H,19,24). The molecule has 2 aromatic carbocycles. The highest BCUT2D eigenvalue weighted by atomic mass is 16.5. The summed E-state index contributed by atoms with van der Waals surface area (Å²) in [6.07, 6.45) is 0. The van der Waals surface area contributed by atoms with Gasteiger partial charge in [-0.25, -0.2) is 0 Å². The second-order valence-electron chi connectivity index (χ2n) is 5.15. The minimum Gasteiger partial charge on any atom is -0.508 e. The molecule has 0 unspecified atom stereocenters. The lowest BCUT2D eigenvalue weighted by atomic mass is 10.2. The van der Waals surface area contributed by atoms with Crippen molar-refractivity contribution in [1.29, 1.82) is 0 Å². The van der Waals surface area contributed by atoms with Crippen molar-refractivity contribution in [2.24, 2.45) is 0 Å². The number of rotatable bonds is 4. The fourth-order valence-corrected chi connectivity index (χ4v) is 2.28. The van der Waals surface area contributed by atoms with Crippen molar-refractivity contribution in [2.75, 3.05) is 12.4 Å². The zero-order valence-corrected chi connectivity index (χ0v) is 13.3. The van der Waals surface area contributed by atoms with Crippen LogP contribution >= 0.6 is 0 Å². The Bertz CT molecular complexity index is 968. The zero-order chi connectivity index (χ0) is 17.8. The Labute approximate surface area is 143 Å². The van der Waals surface area contributed by atoms with Crippen LogP contribution in [0.2, 0.25) is 0 Å². The van der Waals surface area contributed by atoms with Gasteiger partial charge < -0.3 is 15.2 Å². The molecule has 0 fully saturated rings. The molecule has 0 atom stereocenters. The highest BCUT2D eigenvalue weighted by Crippen LogP contribution is 2.19. The Morgan fingerprint density at radius 3 is 2.56 bits per heavy atom. The molecule has 7 nitrogen and oxygen atoms in total. The molecule has 0 bridgehead atoms. The molecular formula is C18H15N3O4. The third kappa shape index (κ3) is 3.50. The van der Waals surface area contributed by atoms with Crippen LogP contribution < -0.4 is 15.6 Å². The summed E-state index contributed by atoms with van der Waals surface area (Å²) in [5, 5.41) is 16.2. The number of hydrogen-bond donors (Lipinski definition) is 2. The number of anilines is 1. The first-order valence-corrected chi connectivity index (χ1v) is 7.42. The van der Waals surface area contributed by atoms with Crippen molar-refractivity contribution >= 4 is 11.6 Å². The molecule has 1 amide bonds. The average Bonchev–Trinajstić information content (AvgIpc) is 2.62. The van der Waals surface area contributed by atoms with E-state index < -0.39 is 11.5 Å². The lowest BCUT2D eigenvalue weighted by Crippen LogP contribution is -2.26. The van der Waals surface area contributed by atoms with E-state index in [1.165, 1.54) is 25.3 Å². The third-order valence-corrected chi connectivity index (χ3v) is 3.44. The van der Waals surface area contributed by atoms with Gasteiger partial charge >= 0.3 is 0 Å². The molecule has 1 aromatic heterocycles. The van der Waals surface area contributed by atoms with E-state index in [1.807, 2.05) is 6.07 Å². The molecule has 3 rings (SSSR count). The normalized spacial score (nSPS) is 10.3. The van der Waals surface area contributed by atoms with Crippen LogP contribution in [0.3, 0.4) is 0 Å². The first kappa shape index (κ1) is 16.3. The Balaban J connectivity index is 2.02. The summed E-state index contributed by atoms with van der Waals surface area (Å²) < 4.78 is 6.24. The Kier molecular flexibility index (Phi) is 4.47. The number of amides is 1. The van der Waals surface area contributed by atoms with Crippen molar-refractivity contribution in [1.82, 2.24) is 9.78 Å². The van der Waals surface area contributed by atoms with Crippen molar-refractivity contribution in [2.45, 2.75) is 0 Å². The molecule has 0 aliphatic carbocycles. The highest BCUT2D eigenvalue weighted by molar-refractivity contribution is 6.04. The van der Waals surface area contributed by atoms with Crippen LogP contribution in [-0.4, -0.2) is 27.9 Å². The van der Waals surface area contributed by atoms with Crippen LogP contribution in [0.5, 0.6) is 11.5 Å². The molecular weight excluding hydrogens is 322 g/mol. The molecule has 0 saturated heterocycles. The molecule has 0 aliphatic heterocycles. The number of methoxy groups -OCH3 is 1. The van der Waals surface area contributed by atoms with Gasteiger partial charge in [-0.15, -0.1) is 0 Å². The van der Waals surface area contributed by atoms with Crippen molar-refractivity contribution < 1.29 is 14.6 Å². The number of aromatic hydroxyl groups is 1. The molecule has 7 heteroatoms. The summed E-state index contributed by atoms with van der Waals surface area (Å²) in [4.78, 5) is 24.8. The first-order chi connectivity index (χ1) is 12.1. The molecule has 0 radical (unpaired) electrons. The minimum atomic E-state index is -0.563. The number of nitrogens with one attached hydrogen (secondary N) is 1. The quantitative estimate of drug-likeness (QED) is 0.761. The maximum atomic E-state index is 12.5. The van der Waals surface area contributed by atoms with Gasteiger partial charge in [-0.3, -0.25) is 9.59 Å². The summed E-state index contributed by atoms with van der Waals surface area (Å²) in [6.45, 7) is 0. The summed E-state index contributed by atoms with van der Waals surface area (Å²) >= 11 is 0. The van der Waals surface area contributed by atoms with E-state index in [4.69, 9.17) is 4.74 Å². The maximum absolute atomic E-state index is 12.5. The van der Waals surface area contributed by atoms with Crippen molar-refractivity contribution in [3.63, 3.8) is 0 Å². The van der Waals surface area contributed by atoms with Crippen LogP contribution in [0.1, 0.15) is 10.5 Å². The van der Waals surface area contributed by atoms with Gasteiger partial charge in [0.15, 0.2) is 11.4 Å². The second kappa shape index (κ2) is 6.88. The topological polar surface area (TPSA) is 93.5 Å². The largest absolute Gasteiger partial charge is 0.508 e. The number of aromatic nitrogens is 2. The van der Waals surface area contributed by atoms with E-state index in [0.717, 1.165) is 4.68 Å². The number of nitrogens with zero attached hydrogens (tertiary/aromatic N) is 2.